The number of thiophene rings is 1. The smallest absolute Gasteiger partial charge is 0.430 e. The van der Waals surface area contributed by atoms with Crippen LogP contribution < -0.4 is 10.1 Å². The number of ether oxygens (including phenoxy) is 1. The van der Waals surface area contributed by atoms with E-state index in [4.69, 9.17) is 4.74 Å². The molecule has 0 bridgehead atoms. The summed E-state index contributed by atoms with van der Waals surface area (Å²) in [4.78, 5) is 8.34. The summed E-state index contributed by atoms with van der Waals surface area (Å²) in [6, 6.07) is 11.9. The molecule has 0 aliphatic carbocycles. The lowest BCUT2D eigenvalue weighted by Crippen LogP contribution is -2.43. The molecule has 1 N–H and O–H groups in total. The SMILES string of the molecule is CC1(C)Cc2ccccc2C(=COc2nc(-c3cccs3)cc(C(F)(F)F)n2)N1. The van der Waals surface area contributed by atoms with Crippen LogP contribution in [0, 0.1) is 0 Å². The molecule has 0 atom stereocenters. The van der Waals surface area contributed by atoms with Crippen LogP contribution in [0.5, 0.6) is 6.01 Å². The Bertz CT molecular complexity index is 1060. The number of aromatic nitrogens is 2. The fourth-order valence-electron chi connectivity index (χ4n) is 3.27. The van der Waals surface area contributed by atoms with Crippen LogP contribution in [0.15, 0.2) is 54.1 Å². The van der Waals surface area contributed by atoms with Gasteiger partial charge in [-0.25, -0.2) is 0 Å². The molecule has 4 rings (SSSR count). The van der Waals surface area contributed by atoms with Gasteiger partial charge in [-0.3, -0.25) is 0 Å². The van der Waals surface area contributed by atoms with Crippen molar-refractivity contribution >= 4 is 17.0 Å². The zero-order valence-corrected chi connectivity index (χ0v) is 16.6. The lowest BCUT2D eigenvalue weighted by atomic mass is 9.86. The van der Waals surface area contributed by atoms with Crippen LogP contribution >= 0.6 is 11.3 Å². The lowest BCUT2D eigenvalue weighted by molar-refractivity contribution is -0.141. The number of hydrogen-bond acceptors (Lipinski definition) is 5. The van der Waals surface area contributed by atoms with Crippen molar-refractivity contribution in [3.05, 3.63) is 70.9 Å². The van der Waals surface area contributed by atoms with Gasteiger partial charge in [0.2, 0.25) is 0 Å². The van der Waals surface area contributed by atoms with Gasteiger partial charge < -0.3 is 10.1 Å². The van der Waals surface area contributed by atoms with Gasteiger partial charge in [0.1, 0.15) is 6.26 Å². The Morgan fingerprint density at radius 3 is 2.66 bits per heavy atom. The van der Waals surface area contributed by atoms with E-state index in [1.165, 1.54) is 17.6 Å². The standard InChI is InChI=1S/C21H18F3N3OS/c1-20(2)11-13-6-3-4-7-14(13)16(27-20)12-28-19-25-15(17-8-5-9-29-17)10-18(26-19)21(22,23)24/h3-10,12,27H,11H2,1-2H3. The van der Waals surface area contributed by atoms with Crippen LogP contribution in [0.1, 0.15) is 30.7 Å². The molecule has 0 spiro atoms. The molecule has 0 radical (unpaired) electrons. The number of rotatable bonds is 3. The first-order valence-electron chi connectivity index (χ1n) is 8.95. The molecule has 1 aliphatic heterocycles. The van der Waals surface area contributed by atoms with E-state index in [1.54, 1.807) is 17.5 Å². The molecular formula is C21H18F3N3OS. The fraction of sp³-hybridized carbons (Fsp3) is 0.238. The third-order valence-electron chi connectivity index (χ3n) is 4.46. The Labute approximate surface area is 170 Å². The van der Waals surface area contributed by atoms with Crippen molar-refractivity contribution in [3.63, 3.8) is 0 Å². The Hall–Kier alpha value is -2.87. The van der Waals surface area contributed by atoms with E-state index >= 15 is 0 Å². The third kappa shape index (κ3) is 4.27. The van der Waals surface area contributed by atoms with Crippen molar-refractivity contribution in [2.24, 2.45) is 0 Å². The van der Waals surface area contributed by atoms with Crippen LogP contribution in [0.3, 0.4) is 0 Å². The molecule has 150 valence electrons. The lowest BCUT2D eigenvalue weighted by Gasteiger charge is -2.35. The molecule has 0 amide bonds. The number of fused-ring (bicyclic) bond motifs is 1. The third-order valence-corrected chi connectivity index (χ3v) is 5.36. The van der Waals surface area contributed by atoms with E-state index < -0.39 is 11.9 Å². The van der Waals surface area contributed by atoms with Crippen LogP contribution in [0.2, 0.25) is 0 Å². The summed E-state index contributed by atoms with van der Waals surface area (Å²) in [7, 11) is 0. The van der Waals surface area contributed by atoms with Gasteiger partial charge in [-0.2, -0.15) is 23.1 Å². The molecule has 8 heteroatoms. The minimum absolute atomic E-state index is 0.174. The first kappa shape index (κ1) is 19.4. The molecule has 4 nitrogen and oxygen atoms in total. The van der Waals surface area contributed by atoms with E-state index in [0.29, 0.717) is 10.6 Å². The van der Waals surface area contributed by atoms with Crippen molar-refractivity contribution in [2.75, 3.05) is 0 Å². The number of halogens is 3. The first-order chi connectivity index (χ1) is 13.7. The minimum atomic E-state index is -4.60. The molecule has 2 aromatic heterocycles. The van der Waals surface area contributed by atoms with Crippen LogP contribution in [0.4, 0.5) is 13.2 Å². The summed E-state index contributed by atoms with van der Waals surface area (Å²) in [5.74, 6) is 0. The van der Waals surface area contributed by atoms with Gasteiger partial charge in [0, 0.05) is 11.1 Å². The van der Waals surface area contributed by atoms with Gasteiger partial charge in [-0.15, -0.1) is 11.3 Å². The maximum atomic E-state index is 13.3. The monoisotopic (exact) mass is 417 g/mol. The second-order valence-corrected chi connectivity index (χ2v) is 8.34. The van der Waals surface area contributed by atoms with Crippen molar-refractivity contribution in [3.8, 4) is 16.6 Å². The summed E-state index contributed by atoms with van der Waals surface area (Å²) < 4.78 is 45.5. The molecule has 3 heterocycles. The van der Waals surface area contributed by atoms with E-state index in [1.807, 2.05) is 38.1 Å². The van der Waals surface area contributed by atoms with E-state index in [-0.39, 0.29) is 17.2 Å². The van der Waals surface area contributed by atoms with Crippen molar-refractivity contribution in [1.29, 1.82) is 0 Å². The summed E-state index contributed by atoms with van der Waals surface area (Å²) in [6.07, 6.45) is -2.39. The summed E-state index contributed by atoms with van der Waals surface area (Å²) in [5.41, 5.74) is 1.67. The molecule has 0 unspecified atom stereocenters. The zero-order valence-electron chi connectivity index (χ0n) is 15.7. The quantitative estimate of drug-likeness (QED) is 0.570. The van der Waals surface area contributed by atoms with Gasteiger partial charge in [-0.05, 0) is 43.3 Å². The number of hydrogen-bond donors (Lipinski definition) is 1. The molecule has 0 fully saturated rings. The maximum Gasteiger partial charge on any atom is 0.433 e. The first-order valence-corrected chi connectivity index (χ1v) is 9.83. The van der Waals surface area contributed by atoms with Gasteiger partial charge >= 0.3 is 12.2 Å². The highest BCUT2D eigenvalue weighted by molar-refractivity contribution is 7.13. The molecule has 29 heavy (non-hydrogen) atoms. The largest absolute Gasteiger partial charge is 0.433 e. The molecule has 1 aromatic carbocycles. The van der Waals surface area contributed by atoms with Crippen LogP contribution in [-0.4, -0.2) is 15.5 Å². The van der Waals surface area contributed by atoms with Crippen molar-refractivity contribution in [1.82, 2.24) is 15.3 Å². The predicted molar refractivity (Wildman–Crippen MR) is 106 cm³/mol. The van der Waals surface area contributed by atoms with Crippen molar-refractivity contribution in [2.45, 2.75) is 32.0 Å². The predicted octanol–water partition coefficient (Wildman–Crippen LogP) is 5.53. The van der Waals surface area contributed by atoms with E-state index in [0.717, 1.165) is 23.6 Å². The van der Waals surface area contributed by atoms with Gasteiger partial charge in [-0.1, -0.05) is 30.3 Å². The highest BCUT2D eigenvalue weighted by atomic mass is 32.1. The van der Waals surface area contributed by atoms with Crippen LogP contribution in [-0.2, 0) is 12.6 Å². The second kappa shape index (κ2) is 7.18. The Morgan fingerprint density at radius 2 is 1.93 bits per heavy atom. The zero-order chi connectivity index (χ0) is 20.6. The van der Waals surface area contributed by atoms with Crippen molar-refractivity contribution < 1.29 is 17.9 Å². The number of alkyl halides is 3. The average Bonchev–Trinajstić information content (AvgIpc) is 3.19. The van der Waals surface area contributed by atoms with Gasteiger partial charge in [0.05, 0.1) is 16.3 Å². The molecule has 3 aromatic rings. The number of benzene rings is 1. The molecule has 1 aliphatic rings. The summed E-state index contributed by atoms with van der Waals surface area (Å²) in [6.45, 7) is 4.10. The summed E-state index contributed by atoms with van der Waals surface area (Å²) in [5, 5.41) is 5.14. The Balaban J connectivity index is 1.72. The fourth-order valence-corrected chi connectivity index (χ4v) is 3.95. The number of nitrogens with zero attached hydrogens (tertiary/aromatic N) is 2. The molecular weight excluding hydrogens is 399 g/mol. The van der Waals surface area contributed by atoms with E-state index in [2.05, 4.69) is 15.3 Å². The Kier molecular flexibility index (Phi) is 4.82. The Morgan fingerprint density at radius 1 is 1.14 bits per heavy atom. The highest BCUT2D eigenvalue weighted by Gasteiger charge is 2.34. The molecule has 0 saturated heterocycles. The summed E-state index contributed by atoms with van der Waals surface area (Å²) >= 11 is 1.30. The minimum Gasteiger partial charge on any atom is -0.430 e. The topological polar surface area (TPSA) is 47.0 Å². The maximum absolute atomic E-state index is 13.3. The molecule has 0 saturated carbocycles. The van der Waals surface area contributed by atoms with Gasteiger partial charge in [0.25, 0.3) is 0 Å². The highest BCUT2D eigenvalue weighted by Crippen LogP contribution is 2.33. The van der Waals surface area contributed by atoms with E-state index in [9.17, 15) is 13.2 Å². The number of nitrogens with one attached hydrogen (secondary N) is 1. The normalized spacial score (nSPS) is 16.9. The van der Waals surface area contributed by atoms with Crippen LogP contribution in [0.25, 0.3) is 16.3 Å². The second-order valence-electron chi connectivity index (χ2n) is 7.39. The average molecular weight is 417 g/mol. The van der Waals surface area contributed by atoms with Gasteiger partial charge in [0.15, 0.2) is 5.69 Å².